The minimum Gasteiger partial charge on any atom is -0.480 e. The van der Waals surface area contributed by atoms with E-state index in [1.165, 1.54) is 4.90 Å². The summed E-state index contributed by atoms with van der Waals surface area (Å²) in [4.78, 5) is 24.2. The first-order chi connectivity index (χ1) is 7.11. The Morgan fingerprint density at radius 2 is 2.00 bits per heavy atom. The maximum absolute atomic E-state index is 11.9. The molecular weight excluding hydrogens is 234 g/mol. The van der Waals surface area contributed by atoms with E-state index in [2.05, 4.69) is 25.3 Å². The smallest absolute Gasteiger partial charge is 0.326 e. The van der Waals surface area contributed by atoms with Gasteiger partial charge in [0.15, 0.2) is 0 Å². The van der Waals surface area contributed by atoms with Gasteiger partial charge >= 0.3 is 5.97 Å². The number of carboxylic acid groups (broad SMARTS) is 1. The van der Waals surface area contributed by atoms with Crippen LogP contribution in [0.25, 0.3) is 0 Å². The molecule has 1 fully saturated rings. The predicted octanol–water partition coefficient (Wildman–Crippen LogP) is 0.538. The molecule has 1 aliphatic heterocycles. The van der Waals surface area contributed by atoms with Crippen LogP contribution in [0.15, 0.2) is 0 Å². The van der Waals surface area contributed by atoms with Crippen LogP contribution >= 0.6 is 25.3 Å². The number of likely N-dealkylation sites (tertiary alicyclic amines) is 1. The second kappa shape index (κ2) is 5.65. The highest BCUT2D eigenvalue weighted by atomic mass is 32.1. The highest BCUT2D eigenvalue weighted by Crippen LogP contribution is 2.20. The van der Waals surface area contributed by atoms with Gasteiger partial charge in [0.05, 0.1) is 5.92 Å². The number of aliphatic carboxylic acids is 1. The van der Waals surface area contributed by atoms with Gasteiger partial charge in [-0.25, -0.2) is 4.79 Å². The van der Waals surface area contributed by atoms with Gasteiger partial charge in [-0.3, -0.25) is 4.79 Å². The summed E-state index contributed by atoms with van der Waals surface area (Å²) >= 11 is 8.13. The summed E-state index contributed by atoms with van der Waals surface area (Å²) in [7, 11) is 0. The largest absolute Gasteiger partial charge is 0.480 e. The van der Waals surface area contributed by atoms with Gasteiger partial charge in [0, 0.05) is 18.1 Å². The SMILES string of the molecule is O=C(O)C1CCCN1C(=O)C(CS)CS. The third kappa shape index (κ3) is 2.81. The summed E-state index contributed by atoms with van der Waals surface area (Å²) in [5, 5.41) is 8.93. The molecular formula is C9H15NO3S2. The Kier molecular flexibility index (Phi) is 4.79. The van der Waals surface area contributed by atoms with Crippen LogP contribution in [-0.2, 0) is 9.59 Å². The molecule has 86 valence electrons. The molecule has 6 heteroatoms. The number of rotatable bonds is 4. The number of hydrogen-bond acceptors (Lipinski definition) is 4. The van der Waals surface area contributed by atoms with Crippen molar-refractivity contribution in [2.45, 2.75) is 18.9 Å². The standard InChI is InChI=1S/C9H15NO3S2/c11-8(6(4-14)5-15)10-3-1-2-7(10)9(12)13/h6-7,14-15H,1-5H2,(H,12,13). The quantitative estimate of drug-likeness (QED) is 0.637. The van der Waals surface area contributed by atoms with Gasteiger partial charge in [0.1, 0.15) is 6.04 Å². The fourth-order valence-corrected chi connectivity index (χ4v) is 2.51. The van der Waals surface area contributed by atoms with Crippen LogP contribution in [0.5, 0.6) is 0 Å². The topological polar surface area (TPSA) is 57.6 Å². The van der Waals surface area contributed by atoms with E-state index in [9.17, 15) is 9.59 Å². The molecule has 1 N–H and O–H groups in total. The highest BCUT2D eigenvalue weighted by molar-refractivity contribution is 7.81. The first kappa shape index (κ1) is 12.7. The Bertz CT molecular complexity index is 256. The lowest BCUT2D eigenvalue weighted by Crippen LogP contribution is -2.44. The lowest BCUT2D eigenvalue weighted by molar-refractivity contribution is -0.149. The Labute approximate surface area is 99.8 Å². The summed E-state index contributed by atoms with van der Waals surface area (Å²) in [5.74, 6) is -0.518. The van der Waals surface area contributed by atoms with Crippen molar-refractivity contribution in [1.82, 2.24) is 4.90 Å². The molecule has 1 heterocycles. The third-order valence-electron chi connectivity index (χ3n) is 2.61. The maximum Gasteiger partial charge on any atom is 0.326 e. The van der Waals surface area contributed by atoms with Crippen LogP contribution in [-0.4, -0.2) is 46.0 Å². The average Bonchev–Trinajstić information content (AvgIpc) is 2.67. The van der Waals surface area contributed by atoms with Crippen molar-refractivity contribution in [1.29, 1.82) is 0 Å². The van der Waals surface area contributed by atoms with Gasteiger partial charge < -0.3 is 10.0 Å². The molecule has 0 aliphatic carbocycles. The number of hydrogen-bond donors (Lipinski definition) is 3. The highest BCUT2D eigenvalue weighted by Gasteiger charge is 2.36. The predicted molar refractivity (Wildman–Crippen MR) is 63.6 cm³/mol. The molecule has 0 aromatic rings. The van der Waals surface area contributed by atoms with Crippen molar-refractivity contribution in [2.24, 2.45) is 5.92 Å². The molecule has 15 heavy (non-hydrogen) atoms. The second-order valence-electron chi connectivity index (χ2n) is 3.59. The van der Waals surface area contributed by atoms with E-state index >= 15 is 0 Å². The molecule has 1 atom stereocenters. The van der Waals surface area contributed by atoms with E-state index in [0.29, 0.717) is 24.5 Å². The normalized spacial score (nSPS) is 21.0. The number of carbonyl (C=O) groups is 2. The van der Waals surface area contributed by atoms with E-state index in [4.69, 9.17) is 5.11 Å². The van der Waals surface area contributed by atoms with Crippen LogP contribution in [0.4, 0.5) is 0 Å². The zero-order valence-electron chi connectivity index (χ0n) is 8.30. The number of thiol groups is 2. The molecule has 0 radical (unpaired) electrons. The molecule has 1 amide bonds. The van der Waals surface area contributed by atoms with E-state index in [0.717, 1.165) is 6.42 Å². The second-order valence-corrected chi connectivity index (χ2v) is 4.32. The number of nitrogens with zero attached hydrogens (tertiary/aromatic N) is 1. The van der Waals surface area contributed by atoms with Crippen LogP contribution in [0, 0.1) is 5.92 Å². The maximum atomic E-state index is 11.9. The molecule has 1 rings (SSSR count). The molecule has 0 aromatic carbocycles. The average molecular weight is 249 g/mol. The van der Waals surface area contributed by atoms with Crippen molar-refractivity contribution in [3.63, 3.8) is 0 Å². The third-order valence-corrected chi connectivity index (χ3v) is 3.49. The lowest BCUT2D eigenvalue weighted by atomic mass is 10.1. The Morgan fingerprint density at radius 3 is 2.47 bits per heavy atom. The van der Waals surface area contributed by atoms with Gasteiger partial charge in [-0.15, -0.1) is 0 Å². The molecule has 1 saturated heterocycles. The van der Waals surface area contributed by atoms with Crippen molar-refractivity contribution >= 4 is 37.1 Å². The summed E-state index contributed by atoms with van der Waals surface area (Å²) < 4.78 is 0. The lowest BCUT2D eigenvalue weighted by Gasteiger charge is -2.25. The molecule has 1 aliphatic rings. The van der Waals surface area contributed by atoms with Crippen molar-refractivity contribution in [3.05, 3.63) is 0 Å². The summed E-state index contributed by atoms with van der Waals surface area (Å²) in [6.07, 6.45) is 1.31. The number of carboxylic acids is 1. The zero-order valence-corrected chi connectivity index (χ0v) is 10.1. The first-order valence-electron chi connectivity index (χ1n) is 4.86. The fourth-order valence-electron chi connectivity index (χ4n) is 1.74. The van der Waals surface area contributed by atoms with Gasteiger partial charge in [-0.2, -0.15) is 25.3 Å². The molecule has 0 saturated carbocycles. The minimum absolute atomic E-state index is 0.134. The summed E-state index contributed by atoms with van der Waals surface area (Å²) in [5.41, 5.74) is 0. The number of amides is 1. The van der Waals surface area contributed by atoms with Crippen molar-refractivity contribution in [3.8, 4) is 0 Å². The van der Waals surface area contributed by atoms with Gasteiger partial charge in [0.2, 0.25) is 5.91 Å². The Balaban J connectivity index is 2.69. The van der Waals surface area contributed by atoms with Crippen LogP contribution in [0.2, 0.25) is 0 Å². The van der Waals surface area contributed by atoms with Crippen LogP contribution in [0.3, 0.4) is 0 Å². The van der Waals surface area contributed by atoms with Crippen molar-refractivity contribution < 1.29 is 14.7 Å². The Hall–Kier alpha value is -0.360. The van der Waals surface area contributed by atoms with Gasteiger partial charge in [-0.05, 0) is 12.8 Å². The summed E-state index contributed by atoms with van der Waals surface area (Å²) in [6.45, 7) is 0.536. The van der Waals surface area contributed by atoms with Gasteiger partial charge in [0.25, 0.3) is 0 Å². The van der Waals surface area contributed by atoms with E-state index in [-0.39, 0.29) is 11.8 Å². The summed E-state index contributed by atoms with van der Waals surface area (Å²) in [6, 6.07) is -0.653. The van der Waals surface area contributed by atoms with E-state index in [1.54, 1.807) is 0 Å². The van der Waals surface area contributed by atoms with Crippen molar-refractivity contribution in [2.75, 3.05) is 18.1 Å². The molecule has 1 unspecified atom stereocenters. The van der Waals surface area contributed by atoms with Crippen LogP contribution < -0.4 is 0 Å². The molecule has 0 spiro atoms. The Morgan fingerprint density at radius 1 is 1.40 bits per heavy atom. The first-order valence-corrected chi connectivity index (χ1v) is 6.13. The molecule has 4 nitrogen and oxygen atoms in total. The van der Waals surface area contributed by atoms with Crippen LogP contribution in [0.1, 0.15) is 12.8 Å². The van der Waals surface area contributed by atoms with Gasteiger partial charge in [-0.1, -0.05) is 0 Å². The number of carbonyl (C=O) groups excluding carboxylic acids is 1. The van der Waals surface area contributed by atoms with E-state index < -0.39 is 12.0 Å². The fraction of sp³-hybridized carbons (Fsp3) is 0.778. The zero-order chi connectivity index (χ0) is 11.4. The van der Waals surface area contributed by atoms with E-state index in [1.807, 2.05) is 0 Å². The molecule has 0 aromatic heterocycles. The minimum atomic E-state index is -0.919. The monoisotopic (exact) mass is 249 g/mol. The molecule has 0 bridgehead atoms.